The first-order chi connectivity index (χ1) is 13.2. The van der Waals surface area contributed by atoms with E-state index in [9.17, 15) is 22.4 Å². The van der Waals surface area contributed by atoms with Gasteiger partial charge in [0, 0.05) is 18.7 Å². The summed E-state index contributed by atoms with van der Waals surface area (Å²) in [6, 6.07) is 9.40. The largest absolute Gasteiger partial charge is 0.465 e. The molecule has 28 heavy (non-hydrogen) atoms. The molecule has 0 spiro atoms. The molecule has 0 N–H and O–H groups in total. The fourth-order valence-electron chi connectivity index (χ4n) is 3.16. The average Bonchev–Trinajstić information content (AvgIpc) is 3.06. The molecule has 2 aromatic rings. The highest BCUT2D eigenvalue weighted by Gasteiger charge is 2.27. The number of carbonyl (C=O) groups is 2. The van der Waals surface area contributed by atoms with E-state index >= 15 is 0 Å². The van der Waals surface area contributed by atoms with Crippen LogP contribution in [0.2, 0.25) is 0 Å². The molecule has 3 rings (SSSR count). The zero-order valence-electron chi connectivity index (χ0n) is 15.4. The summed E-state index contributed by atoms with van der Waals surface area (Å²) in [5, 5.41) is 0. The molecule has 1 heterocycles. The van der Waals surface area contributed by atoms with Crippen molar-refractivity contribution in [2.75, 3.05) is 29.1 Å². The van der Waals surface area contributed by atoms with Gasteiger partial charge in [-0.25, -0.2) is 21.9 Å². The topological polar surface area (TPSA) is 84.0 Å². The van der Waals surface area contributed by atoms with Crippen molar-refractivity contribution in [3.8, 4) is 0 Å². The second kappa shape index (κ2) is 7.59. The van der Waals surface area contributed by atoms with E-state index in [1.54, 1.807) is 0 Å². The Hall–Kier alpha value is -2.94. The van der Waals surface area contributed by atoms with Crippen molar-refractivity contribution in [2.45, 2.75) is 12.8 Å². The second-order valence-electron chi connectivity index (χ2n) is 6.39. The van der Waals surface area contributed by atoms with Crippen LogP contribution in [-0.2, 0) is 19.6 Å². The lowest BCUT2D eigenvalue weighted by Gasteiger charge is -2.25. The minimum Gasteiger partial charge on any atom is -0.465 e. The van der Waals surface area contributed by atoms with E-state index in [0.717, 1.165) is 16.6 Å². The minimum absolute atomic E-state index is 0.0724. The number of rotatable bonds is 5. The first-order valence-electron chi connectivity index (χ1n) is 8.50. The van der Waals surface area contributed by atoms with Crippen LogP contribution in [0, 0.1) is 5.82 Å². The number of carbonyl (C=O) groups excluding carboxylic acids is 2. The van der Waals surface area contributed by atoms with Crippen LogP contribution in [0.15, 0.2) is 42.5 Å². The molecule has 1 amide bonds. The quantitative estimate of drug-likeness (QED) is 0.713. The molecule has 1 fully saturated rings. The molecule has 148 valence electrons. The molecule has 1 aliphatic rings. The number of amides is 1. The predicted molar refractivity (Wildman–Crippen MR) is 103 cm³/mol. The van der Waals surface area contributed by atoms with Gasteiger partial charge in [-0.15, -0.1) is 0 Å². The summed E-state index contributed by atoms with van der Waals surface area (Å²) in [6.07, 6.45) is 2.01. The van der Waals surface area contributed by atoms with Crippen LogP contribution in [0.4, 0.5) is 21.5 Å². The monoisotopic (exact) mass is 406 g/mol. The van der Waals surface area contributed by atoms with Gasteiger partial charge in [0.1, 0.15) is 5.82 Å². The van der Waals surface area contributed by atoms with Gasteiger partial charge in [0.25, 0.3) is 0 Å². The summed E-state index contributed by atoms with van der Waals surface area (Å²) in [4.78, 5) is 25.8. The molecule has 0 aliphatic carbocycles. The normalized spacial score (nSPS) is 14.2. The number of halogens is 1. The molecule has 2 aromatic carbocycles. The van der Waals surface area contributed by atoms with Gasteiger partial charge in [0.15, 0.2) is 0 Å². The third-order valence-corrected chi connectivity index (χ3v) is 5.40. The zero-order valence-corrected chi connectivity index (χ0v) is 16.2. The Kier molecular flexibility index (Phi) is 5.37. The number of hydrogen-bond acceptors (Lipinski definition) is 5. The summed E-state index contributed by atoms with van der Waals surface area (Å²) in [7, 11) is -2.67. The van der Waals surface area contributed by atoms with Crippen molar-refractivity contribution in [3.63, 3.8) is 0 Å². The Morgan fingerprint density at radius 2 is 1.93 bits per heavy atom. The maximum absolute atomic E-state index is 13.7. The van der Waals surface area contributed by atoms with E-state index in [2.05, 4.69) is 0 Å². The van der Waals surface area contributed by atoms with Gasteiger partial charge >= 0.3 is 5.97 Å². The molecular weight excluding hydrogens is 387 g/mol. The van der Waals surface area contributed by atoms with Crippen LogP contribution in [0.3, 0.4) is 0 Å². The Morgan fingerprint density at radius 1 is 1.18 bits per heavy atom. The van der Waals surface area contributed by atoms with Crippen LogP contribution >= 0.6 is 0 Å². The lowest BCUT2D eigenvalue weighted by atomic mass is 10.1. The highest BCUT2D eigenvalue weighted by molar-refractivity contribution is 7.92. The van der Waals surface area contributed by atoms with E-state index < -0.39 is 21.8 Å². The first kappa shape index (κ1) is 19.8. The SMILES string of the molecule is COC(=O)c1cc(N2CCCC2=O)cc(N(c2cccc(F)c2)S(C)(=O)=O)c1. The van der Waals surface area contributed by atoms with Gasteiger partial charge in [-0.2, -0.15) is 0 Å². The van der Waals surface area contributed by atoms with Gasteiger partial charge in [-0.1, -0.05) is 6.07 Å². The Morgan fingerprint density at radius 3 is 2.50 bits per heavy atom. The number of benzene rings is 2. The van der Waals surface area contributed by atoms with Crippen molar-refractivity contribution >= 4 is 39.0 Å². The molecular formula is C19H19FN2O5S. The summed E-state index contributed by atoms with van der Waals surface area (Å²) in [5.41, 5.74) is 0.638. The van der Waals surface area contributed by atoms with E-state index in [4.69, 9.17) is 4.74 Å². The van der Waals surface area contributed by atoms with Crippen molar-refractivity contribution < 1.29 is 27.1 Å². The summed E-state index contributed by atoms with van der Waals surface area (Å²) < 4.78 is 44.4. The van der Waals surface area contributed by atoms with Crippen LogP contribution in [0.5, 0.6) is 0 Å². The van der Waals surface area contributed by atoms with Crippen LogP contribution < -0.4 is 9.21 Å². The van der Waals surface area contributed by atoms with E-state index in [1.807, 2.05) is 0 Å². The molecule has 7 nitrogen and oxygen atoms in total. The molecule has 0 bridgehead atoms. The molecule has 0 aromatic heterocycles. The smallest absolute Gasteiger partial charge is 0.337 e. The lowest BCUT2D eigenvalue weighted by Crippen LogP contribution is -2.27. The standard InChI is InChI=1S/C19H19FN2O5S/c1-27-19(24)13-9-16(21-8-4-7-18(21)23)12-17(10-13)22(28(2,25)26)15-6-3-5-14(20)11-15/h3,5-6,9-12H,4,7-8H2,1-2H3. The summed E-state index contributed by atoms with van der Waals surface area (Å²) in [6.45, 7) is 0.460. The van der Waals surface area contributed by atoms with Crippen LogP contribution in [-0.4, -0.2) is 40.2 Å². The van der Waals surface area contributed by atoms with Gasteiger partial charge in [0.05, 0.1) is 30.3 Å². The van der Waals surface area contributed by atoms with Crippen molar-refractivity contribution in [3.05, 3.63) is 53.8 Å². The fourth-order valence-corrected chi connectivity index (χ4v) is 4.14. The third kappa shape index (κ3) is 3.99. The minimum atomic E-state index is -3.88. The van der Waals surface area contributed by atoms with E-state index in [1.165, 1.54) is 48.4 Å². The van der Waals surface area contributed by atoms with Crippen LogP contribution in [0.25, 0.3) is 0 Å². The molecule has 1 aliphatic heterocycles. The predicted octanol–water partition coefficient (Wildman–Crippen LogP) is 2.84. The van der Waals surface area contributed by atoms with Crippen molar-refractivity contribution in [1.29, 1.82) is 0 Å². The number of ether oxygens (including phenoxy) is 1. The van der Waals surface area contributed by atoms with Crippen LogP contribution in [0.1, 0.15) is 23.2 Å². The molecule has 1 saturated heterocycles. The number of methoxy groups -OCH3 is 1. The van der Waals surface area contributed by atoms with E-state index in [-0.39, 0.29) is 22.8 Å². The van der Waals surface area contributed by atoms with Gasteiger partial charge in [0.2, 0.25) is 15.9 Å². The average molecular weight is 406 g/mol. The van der Waals surface area contributed by atoms with Crippen molar-refractivity contribution in [2.24, 2.45) is 0 Å². The lowest BCUT2D eigenvalue weighted by molar-refractivity contribution is -0.117. The molecule has 0 atom stereocenters. The number of nitrogens with zero attached hydrogens (tertiary/aromatic N) is 2. The zero-order chi connectivity index (χ0) is 20.5. The fraction of sp³-hybridized carbons (Fsp3) is 0.263. The van der Waals surface area contributed by atoms with Gasteiger partial charge in [-0.05, 0) is 42.8 Å². The Balaban J connectivity index is 2.21. The number of anilines is 3. The highest BCUT2D eigenvalue weighted by atomic mass is 32.2. The number of sulfonamides is 1. The van der Waals surface area contributed by atoms with Crippen molar-refractivity contribution in [1.82, 2.24) is 0 Å². The number of hydrogen-bond donors (Lipinski definition) is 0. The molecule has 0 saturated carbocycles. The first-order valence-corrected chi connectivity index (χ1v) is 10.3. The second-order valence-corrected chi connectivity index (χ2v) is 8.22. The maximum atomic E-state index is 13.7. The maximum Gasteiger partial charge on any atom is 0.337 e. The number of esters is 1. The Labute approximate surface area is 162 Å². The molecule has 0 unspecified atom stereocenters. The molecule has 0 radical (unpaired) electrons. The summed E-state index contributed by atoms with van der Waals surface area (Å²) >= 11 is 0. The van der Waals surface area contributed by atoms with Gasteiger partial charge < -0.3 is 9.64 Å². The third-order valence-electron chi connectivity index (χ3n) is 4.32. The Bertz CT molecular complexity index is 1040. The summed E-state index contributed by atoms with van der Waals surface area (Å²) in [5.74, 6) is -1.41. The van der Waals surface area contributed by atoms with E-state index in [0.29, 0.717) is 25.1 Å². The highest BCUT2D eigenvalue weighted by Crippen LogP contribution is 2.34. The molecule has 9 heteroatoms. The van der Waals surface area contributed by atoms with Gasteiger partial charge in [-0.3, -0.25) is 4.79 Å².